The lowest BCUT2D eigenvalue weighted by Gasteiger charge is -1.98. The van der Waals surface area contributed by atoms with Crippen LogP contribution in [-0.4, -0.2) is 19.8 Å². The number of nitrogens with one attached hydrogen (secondary N) is 1. The molecular formula is C13H15N5. The Balaban J connectivity index is 2.16. The minimum atomic E-state index is 0.325. The Labute approximate surface area is 105 Å². The molecule has 0 spiro atoms. The Bertz CT molecular complexity index is 678. The predicted molar refractivity (Wildman–Crippen MR) is 71.3 cm³/mol. The van der Waals surface area contributed by atoms with E-state index in [1.54, 1.807) is 4.63 Å². The first-order chi connectivity index (χ1) is 8.66. The summed E-state index contributed by atoms with van der Waals surface area (Å²) in [6, 6.07) is 9.88. The molecule has 1 aromatic carbocycles. The number of H-pyrrole nitrogens is 1. The van der Waals surface area contributed by atoms with Crippen molar-refractivity contribution in [1.82, 2.24) is 19.8 Å². The van der Waals surface area contributed by atoms with Crippen LogP contribution in [0.25, 0.3) is 16.9 Å². The van der Waals surface area contributed by atoms with Gasteiger partial charge in [0.1, 0.15) is 17.2 Å². The van der Waals surface area contributed by atoms with Crippen molar-refractivity contribution in [2.45, 2.75) is 19.8 Å². The van der Waals surface area contributed by atoms with E-state index < -0.39 is 0 Å². The zero-order valence-corrected chi connectivity index (χ0v) is 10.4. The topological polar surface area (TPSA) is 72.0 Å². The van der Waals surface area contributed by atoms with Gasteiger partial charge in [-0.2, -0.15) is 0 Å². The van der Waals surface area contributed by atoms with Gasteiger partial charge in [-0.25, -0.2) is 0 Å². The second kappa shape index (κ2) is 3.87. The number of benzene rings is 1. The van der Waals surface area contributed by atoms with Crippen LogP contribution in [0.15, 0.2) is 30.3 Å². The van der Waals surface area contributed by atoms with Crippen molar-refractivity contribution >= 4 is 11.3 Å². The van der Waals surface area contributed by atoms with Gasteiger partial charge in [0.25, 0.3) is 0 Å². The summed E-state index contributed by atoms with van der Waals surface area (Å²) in [5.74, 6) is 1.22. The van der Waals surface area contributed by atoms with Crippen LogP contribution in [0.5, 0.6) is 0 Å². The lowest BCUT2D eigenvalue weighted by Crippen LogP contribution is -1.94. The fraction of sp³-hybridized carbons (Fsp3) is 0.231. The summed E-state index contributed by atoms with van der Waals surface area (Å²) in [5, 5.41) is 8.82. The van der Waals surface area contributed by atoms with E-state index in [-0.39, 0.29) is 0 Å². The van der Waals surface area contributed by atoms with Crippen LogP contribution in [0.4, 0.5) is 5.69 Å². The van der Waals surface area contributed by atoms with Crippen molar-refractivity contribution < 1.29 is 0 Å². The Hall–Kier alpha value is -2.30. The average Bonchev–Trinajstić information content (AvgIpc) is 2.91. The number of rotatable bonds is 2. The molecule has 0 saturated carbocycles. The molecule has 2 heterocycles. The van der Waals surface area contributed by atoms with Gasteiger partial charge in [0, 0.05) is 11.5 Å². The first-order valence-corrected chi connectivity index (χ1v) is 5.96. The molecule has 0 amide bonds. The van der Waals surface area contributed by atoms with E-state index >= 15 is 0 Å². The second-order valence-corrected chi connectivity index (χ2v) is 4.63. The molecule has 0 aliphatic heterocycles. The van der Waals surface area contributed by atoms with Crippen molar-refractivity contribution in [2.75, 3.05) is 5.73 Å². The Morgan fingerprint density at radius 1 is 1.17 bits per heavy atom. The van der Waals surface area contributed by atoms with Gasteiger partial charge in [-0.05, 0) is 0 Å². The molecule has 0 saturated heterocycles. The van der Waals surface area contributed by atoms with Crippen LogP contribution >= 0.6 is 0 Å². The van der Waals surface area contributed by atoms with Crippen molar-refractivity contribution in [1.29, 1.82) is 0 Å². The molecule has 3 aromatic rings. The quantitative estimate of drug-likeness (QED) is 0.723. The van der Waals surface area contributed by atoms with E-state index in [9.17, 15) is 0 Å². The third-order valence-corrected chi connectivity index (χ3v) is 2.95. The van der Waals surface area contributed by atoms with Crippen molar-refractivity contribution in [3.63, 3.8) is 0 Å². The number of fused-ring (bicyclic) bond motifs is 1. The molecule has 0 fully saturated rings. The average molecular weight is 241 g/mol. The Morgan fingerprint density at radius 3 is 2.50 bits per heavy atom. The molecule has 0 radical (unpaired) electrons. The molecule has 2 aromatic heterocycles. The number of nitrogens with two attached hydrogens (primary N) is 1. The summed E-state index contributed by atoms with van der Waals surface area (Å²) >= 11 is 0. The minimum Gasteiger partial charge on any atom is -0.394 e. The highest BCUT2D eigenvalue weighted by atomic mass is 15.5. The molecule has 0 bridgehead atoms. The van der Waals surface area contributed by atoms with Gasteiger partial charge in [0.2, 0.25) is 0 Å². The lowest BCUT2D eigenvalue weighted by molar-refractivity contribution is 0.731. The summed E-state index contributed by atoms with van der Waals surface area (Å²) in [4.78, 5) is 3.22. The predicted octanol–water partition coefficient (Wildman–Crippen LogP) is 2.43. The number of nitrogens with zero attached hydrogens (tertiary/aromatic N) is 3. The summed E-state index contributed by atoms with van der Waals surface area (Å²) in [7, 11) is 0. The highest BCUT2D eigenvalue weighted by Gasteiger charge is 2.16. The fourth-order valence-corrected chi connectivity index (χ4v) is 1.93. The van der Waals surface area contributed by atoms with Gasteiger partial charge in [-0.1, -0.05) is 44.2 Å². The number of hydrogen-bond donors (Lipinski definition) is 2. The first-order valence-electron chi connectivity index (χ1n) is 5.96. The number of aromatic amines is 1. The van der Waals surface area contributed by atoms with Crippen LogP contribution in [0.2, 0.25) is 0 Å². The zero-order chi connectivity index (χ0) is 12.7. The Morgan fingerprint density at radius 2 is 1.89 bits per heavy atom. The second-order valence-electron chi connectivity index (χ2n) is 4.63. The molecule has 5 nitrogen and oxygen atoms in total. The van der Waals surface area contributed by atoms with Crippen molar-refractivity contribution in [2.24, 2.45) is 0 Å². The van der Waals surface area contributed by atoms with Crippen molar-refractivity contribution in [3.8, 4) is 11.3 Å². The van der Waals surface area contributed by atoms with E-state index in [0.717, 1.165) is 22.7 Å². The summed E-state index contributed by atoms with van der Waals surface area (Å²) in [6.07, 6.45) is 0. The standard InChI is InChI=1S/C13H15N5/c1-8(2)12-15-13-10(14)11(16-18(13)17-12)9-6-4-3-5-7-9/h3-8H,14H2,1-2H3,(H,15,17). The monoisotopic (exact) mass is 241 g/mol. The highest BCUT2D eigenvalue weighted by molar-refractivity contribution is 5.82. The molecular weight excluding hydrogens is 226 g/mol. The lowest BCUT2D eigenvalue weighted by atomic mass is 10.1. The van der Waals surface area contributed by atoms with Crippen LogP contribution in [0.1, 0.15) is 25.6 Å². The Kier molecular flexibility index (Phi) is 2.33. The van der Waals surface area contributed by atoms with E-state index in [2.05, 4.69) is 29.0 Å². The van der Waals surface area contributed by atoms with Crippen LogP contribution in [0, 0.1) is 0 Å². The first kappa shape index (κ1) is 10.8. The van der Waals surface area contributed by atoms with Crippen LogP contribution < -0.4 is 5.73 Å². The van der Waals surface area contributed by atoms with Crippen LogP contribution in [0.3, 0.4) is 0 Å². The van der Waals surface area contributed by atoms with Gasteiger partial charge in [0.15, 0.2) is 5.65 Å². The molecule has 3 rings (SSSR count). The molecule has 92 valence electrons. The SMILES string of the molecule is CC(C)c1nn2nc(-c3ccccc3)c(N)c2[nH]1. The van der Waals surface area contributed by atoms with Gasteiger partial charge >= 0.3 is 0 Å². The largest absolute Gasteiger partial charge is 0.394 e. The molecule has 0 unspecified atom stereocenters. The number of nitrogen functional groups attached to an aromatic ring is 1. The van der Waals surface area contributed by atoms with E-state index in [4.69, 9.17) is 5.73 Å². The summed E-state index contributed by atoms with van der Waals surface area (Å²) in [6.45, 7) is 4.15. The summed E-state index contributed by atoms with van der Waals surface area (Å²) in [5.41, 5.74) is 9.30. The molecule has 18 heavy (non-hydrogen) atoms. The third kappa shape index (κ3) is 1.55. The van der Waals surface area contributed by atoms with Crippen LogP contribution in [-0.2, 0) is 0 Å². The summed E-state index contributed by atoms with van der Waals surface area (Å²) < 4.78 is 1.58. The zero-order valence-electron chi connectivity index (χ0n) is 10.4. The normalized spacial score (nSPS) is 11.5. The number of hydrogen-bond acceptors (Lipinski definition) is 3. The van der Waals surface area contributed by atoms with E-state index in [1.807, 2.05) is 30.3 Å². The number of aromatic nitrogens is 4. The highest BCUT2D eigenvalue weighted by Crippen LogP contribution is 2.27. The molecule has 0 aliphatic carbocycles. The molecule has 5 heteroatoms. The van der Waals surface area contributed by atoms with Gasteiger partial charge in [-0.15, -0.1) is 14.8 Å². The van der Waals surface area contributed by atoms with Gasteiger partial charge in [-0.3, -0.25) is 0 Å². The molecule has 0 aliphatic rings. The molecule has 0 atom stereocenters. The third-order valence-electron chi connectivity index (χ3n) is 2.95. The van der Waals surface area contributed by atoms with E-state index in [0.29, 0.717) is 11.6 Å². The number of anilines is 1. The van der Waals surface area contributed by atoms with E-state index in [1.165, 1.54) is 0 Å². The molecule has 3 N–H and O–H groups in total. The maximum Gasteiger partial charge on any atom is 0.179 e. The maximum absolute atomic E-state index is 6.13. The smallest absolute Gasteiger partial charge is 0.179 e. The van der Waals surface area contributed by atoms with Crippen molar-refractivity contribution in [3.05, 3.63) is 36.2 Å². The maximum atomic E-state index is 6.13. The van der Waals surface area contributed by atoms with Gasteiger partial charge in [0.05, 0.1) is 0 Å². The minimum absolute atomic E-state index is 0.325. The fourth-order valence-electron chi connectivity index (χ4n) is 1.93. The van der Waals surface area contributed by atoms with Gasteiger partial charge < -0.3 is 10.7 Å².